The third-order valence-electron chi connectivity index (χ3n) is 13.0. The standard InChI is InChI=1S/C62H38N4/c63-39-41-22-28-57(65-58-29-23-47(43-13-5-1-6-14-43)35-53(58)54-36-48(24-30-59(54)65)44-15-7-2-8-16-44)52(33-41)51-27-21-42(40-64)34-62(51)66-60-31-25-49(45-17-9-3-10-18-45)37-55(60)56-38-50(26-32-61(56)66)46-19-11-4-12-20-46/h1-38H. The van der Waals surface area contributed by atoms with Crippen molar-refractivity contribution >= 4 is 43.6 Å². The van der Waals surface area contributed by atoms with Crippen molar-refractivity contribution in [2.24, 2.45) is 0 Å². The average Bonchev–Trinajstić information content (AvgIpc) is 3.90. The molecule has 12 aromatic rings. The largest absolute Gasteiger partial charge is 0.309 e. The molecular formula is C62H38N4. The van der Waals surface area contributed by atoms with Gasteiger partial charge in [-0.15, -0.1) is 0 Å². The summed E-state index contributed by atoms with van der Waals surface area (Å²) in [6.45, 7) is 0. The first-order valence-corrected chi connectivity index (χ1v) is 22.1. The summed E-state index contributed by atoms with van der Waals surface area (Å²) < 4.78 is 4.65. The van der Waals surface area contributed by atoms with Crippen molar-refractivity contribution in [3.8, 4) is 79.1 Å². The van der Waals surface area contributed by atoms with E-state index in [9.17, 15) is 10.5 Å². The van der Waals surface area contributed by atoms with E-state index in [2.05, 4.69) is 203 Å². The lowest BCUT2D eigenvalue weighted by molar-refractivity contribution is 1.16. The van der Waals surface area contributed by atoms with E-state index in [4.69, 9.17) is 0 Å². The Labute approximate surface area is 382 Å². The molecule has 2 aromatic heterocycles. The first-order chi connectivity index (χ1) is 32.6. The topological polar surface area (TPSA) is 57.4 Å². The first kappa shape index (κ1) is 38.5. The van der Waals surface area contributed by atoms with E-state index in [1.165, 1.54) is 0 Å². The van der Waals surface area contributed by atoms with Crippen LogP contribution in [0, 0.1) is 22.7 Å². The number of hydrogen-bond donors (Lipinski definition) is 0. The molecule has 0 aliphatic carbocycles. The molecule has 2 heterocycles. The van der Waals surface area contributed by atoms with Gasteiger partial charge in [0, 0.05) is 32.7 Å². The molecule has 0 aliphatic rings. The summed E-state index contributed by atoms with van der Waals surface area (Å²) >= 11 is 0. The highest BCUT2D eigenvalue weighted by Crippen LogP contribution is 2.44. The molecule has 0 amide bonds. The second-order valence-corrected chi connectivity index (χ2v) is 16.8. The number of aromatic nitrogens is 2. The molecule has 0 spiro atoms. The first-order valence-electron chi connectivity index (χ1n) is 22.1. The summed E-state index contributed by atoms with van der Waals surface area (Å²) in [6, 6.07) is 85.7. The van der Waals surface area contributed by atoms with Gasteiger partial charge in [0.2, 0.25) is 0 Å². The van der Waals surface area contributed by atoms with E-state index < -0.39 is 0 Å². The molecule has 12 rings (SSSR count). The van der Waals surface area contributed by atoms with Crippen molar-refractivity contribution in [2.75, 3.05) is 0 Å². The van der Waals surface area contributed by atoms with Gasteiger partial charge in [0.25, 0.3) is 0 Å². The minimum Gasteiger partial charge on any atom is -0.309 e. The van der Waals surface area contributed by atoms with Crippen LogP contribution in [0.15, 0.2) is 231 Å². The fraction of sp³-hybridized carbons (Fsp3) is 0. The summed E-state index contributed by atoms with van der Waals surface area (Å²) in [6.07, 6.45) is 0. The molecule has 0 unspecified atom stereocenters. The molecule has 0 aliphatic heterocycles. The predicted octanol–water partition coefficient (Wildman–Crippen LogP) is 16.0. The van der Waals surface area contributed by atoms with Crippen LogP contribution in [0.2, 0.25) is 0 Å². The normalized spacial score (nSPS) is 11.3. The zero-order chi connectivity index (χ0) is 44.1. The molecule has 306 valence electrons. The minimum absolute atomic E-state index is 0.544. The minimum atomic E-state index is 0.544. The van der Waals surface area contributed by atoms with Crippen molar-refractivity contribution in [3.63, 3.8) is 0 Å². The second kappa shape index (κ2) is 15.8. The van der Waals surface area contributed by atoms with Crippen molar-refractivity contribution in [1.29, 1.82) is 10.5 Å². The van der Waals surface area contributed by atoms with Crippen LogP contribution in [0.5, 0.6) is 0 Å². The van der Waals surface area contributed by atoms with Gasteiger partial charge in [0.05, 0.1) is 56.7 Å². The number of hydrogen-bond acceptors (Lipinski definition) is 2. The Bertz CT molecular complexity index is 3730. The highest BCUT2D eigenvalue weighted by atomic mass is 15.0. The summed E-state index contributed by atoms with van der Waals surface area (Å²) in [5.41, 5.74) is 17.9. The van der Waals surface area contributed by atoms with Gasteiger partial charge in [-0.2, -0.15) is 10.5 Å². The Morgan fingerprint density at radius 3 is 0.955 bits per heavy atom. The monoisotopic (exact) mass is 838 g/mol. The quantitative estimate of drug-likeness (QED) is 0.161. The SMILES string of the molecule is N#Cc1ccc(-n2c3ccc(-c4ccccc4)cc3c3cc(-c4ccccc4)ccc32)c(-c2ccc(C#N)cc2-n2c3ccc(-c4ccccc4)cc3c3cc(-c4ccccc4)ccc32)c1. The van der Waals surface area contributed by atoms with E-state index >= 15 is 0 Å². The number of benzene rings is 10. The zero-order valence-corrected chi connectivity index (χ0v) is 35.7. The van der Waals surface area contributed by atoms with Crippen molar-refractivity contribution < 1.29 is 0 Å². The molecule has 0 saturated carbocycles. The van der Waals surface area contributed by atoms with Crippen molar-refractivity contribution in [1.82, 2.24) is 9.13 Å². The molecule has 0 radical (unpaired) electrons. The Balaban J connectivity index is 1.14. The molecule has 0 atom stereocenters. The van der Waals surface area contributed by atoms with Crippen LogP contribution in [0.3, 0.4) is 0 Å². The highest BCUT2D eigenvalue weighted by Gasteiger charge is 2.23. The summed E-state index contributed by atoms with van der Waals surface area (Å²) in [5.74, 6) is 0. The molecule has 0 bridgehead atoms. The fourth-order valence-electron chi connectivity index (χ4n) is 9.84. The molecule has 0 saturated heterocycles. The van der Waals surface area contributed by atoms with Gasteiger partial charge in [-0.3, -0.25) is 0 Å². The van der Waals surface area contributed by atoms with Gasteiger partial charge in [-0.05, 0) is 123 Å². The van der Waals surface area contributed by atoms with Crippen LogP contribution < -0.4 is 0 Å². The van der Waals surface area contributed by atoms with E-state index in [1.807, 2.05) is 48.5 Å². The maximum atomic E-state index is 10.5. The predicted molar refractivity (Wildman–Crippen MR) is 272 cm³/mol. The van der Waals surface area contributed by atoms with Gasteiger partial charge >= 0.3 is 0 Å². The summed E-state index contributed by atoms with van der Waals surface area (Å²) in [5, 5.41) is 25.5. The molecule has 0 fully saturated rings. The van der Waals surface area contributed by atoms with Crippen LogP contribution in [0.4, 0.5) is 0 Å². The van der Waals surface area contributed by atoms with Gasteiger partial charge in [-0.1, -0.05) is 152 Å². The maximum absolute atomic E-state index is 10.5. The number of rotatable bonds is 7. The third-order valence-corrected chi connectivity index (χ3v) is 13.0. The Kier molecular flexibility index (Phi) is 9.23. The molecular weight excluding hydrogens is 801 g/mol. The lowest BCUT2D eigenvalue weighted by atomic mass is 9.97. The third kappa shape index (κ3) is 6.45. The van der Waals surface area contributed by atoms with Crippen molar-refractivity contribution in [2.45, 2.75) is 0 Å². The van der Waals surface area contributed by atoms with Gasteiger partial charge in [-0.25, -0.2) is 0 Å². The van der Waals surface area contributed by atoms with Crippen LogP contribution in [0.1, 0.15) is 11.1 Å². The lowest BCUT2D eigenvalue weighted by Gasteiger charge is -2.19. The van der Waals surface area contributed by atoms with E-state index in [1.54, 1.807) is 0 Å². The van der Waals surface area contributed by atoms with Crippen LogP contribution in [-0.4, -0.2) is 9.13 Å². The average molecular weight is 839 g/mol. The Morgan fingerprint density at radius 2 is 0.591 bits per heavy atom. The molecule has 0 N–H and O–H groups in total. The zero-order valence-electron chi connectivity index (χ0n) is 35.7. The van der Waals surface area contributed by atoms with Crippen LogP contribution in [0.25, 0.3) is 111 Å². The second-order valence-electron chi connectivity index (χ2n) is 16.8. The van der Waals surface area contributed by atoms with Gasteiger partial charge < -0.3 is 9.13 Å². The van der Waals surface area contributed by atoms with E-state index in [0.717, 1.165) is 111 Å². The molecule has 66 heavy (non-hydrogen) atoms. The highest BCUT2D eigenvalue weighted by molar-refractivity contribution is 6.14. The summed E-state index contributed by atoms with van der Waals surface area (Å²) in [4.78, 5) is 0. The lowest BCUT2D eigenvalue weighted by Crippen LogP contribution is -2.02. The number of nitrogens with zero attached hydrogens (tertiary/aromatic N) is 4. The van der Waals surface area contributed by atoms with E-state index in [0.29, 0.717) is 11.1 Å². The summed E-state index contributed by atoms with van der Waals surface area (Å²) in [7, 11) is 0. The fourth-order valence-corrected chi connectivity index (χ4v) is 9.84. The molecule has 10 aromatic carbocycles. The number of fused-ring (bicyclic) bond motifs is 6. The molecule has 4 nitrogen and oxygen atoms in total. The van der Waals surface area contributed by atoms with Crippen LogP contribution in [-0.2, 0) is 0 Å². The van der Waals surface area contributed by atoms with Crippen molar-refractivity contribution in [3.05, 3.63) is 242 Å². The van der Waals surface area contributed by atoms with Gasteiger partial charge in [0.15, 0.2) is 0 Å². The number of nitriles is 2. The maximum Gasteiger partial charge on any atom is 0.0992 e. The van der Waals surface area contributed by atoms with E-state index in [-0.39, 0.29) is 0 Å². The molecule has 4 heteroatoms. The smallest absolute Gasteiger partial charge is 0.0992 e. The van der Waals surface area contributed by atoms with Crippen LogP contribution >= 0.6 is 0 Å². The Hall–Kier alpha value is -9.22. The Morgan fingerprint density at radius 1 is 0.258 bits per heavy atom. The van der Waals surface area contributed by atoms with Gasteiger partial charge in [0.1, 0.15) is 0 Å².